The maximum Gasteiger partial charge on any atom is 0.224 e. The first-order valence-electron chi connectivity index (χ1n) is 7.64. The highest BCUT2D eigenvalue weighted by Crippen LogP contribution is 2.35. The van der Waals surface area contributed by atoms with Crippen LogP contribution in [0, 0.1) is 5.92 Å². The van der Waals surface area contributed by atoms with Crippen molar-refractivity contribution in [1.82, 2.24) is 9.97 Å². The van der Waals surface area contributed by atoms with Crippen molar-refractivity contribution in [2.45, 2.75) is 52.5 Å². The number of nitrogens with one attached hydrogen (secondary N) is 1. The van der Waals surface area contributed by atoms with Gasteiger partial charge < -0.3 is 10.2 Å². The largest absolute Gasteiger partial charge is 0.354 e. The summed E-state index contributed by atoms with van der Waals surface area (Å²) >= 11 is 6.32. The van der Waals surface area contributed by atoms with E-state index < -0.39 is 0 Å². The third kappa shape index (κ3) is 4.23. The molecule has 0 aliphatic heterocycles. The standard InChI is InChI=1S/C15H25ClN4/c1-4-8-17-15-18-10-13(16)14(19-15)20(12-5-6-12)9-7-11(2)3/h10-12H,4-9H2,1-3H3,(H,17,18,19). The van der Waals surface area contributed by atoms with Gasteiger partial charge in [-0.25, -0.2) is 4.98 Å². The molecule has 0 radical (unpaired) electrons. The van der Waals surface area contributed by atoms with Gasteiger partial charge in [-0.1, -0.05) is 32.4 Å². The molecule has 112 valence electrons. The van der Waals surface area contributed by atoms with E-state index in [2.05, 4.69) is 41.0 Å². The highest BCUT2D eigenvalue weighted by atomic mass is 35.5. The van der Waals surface area contributed by atoms with Gasteiger partial charge in [-0.05, 0) is 31.6 Å². The Bertz CT molecular complexity index is 432. The molecule has 1 aliphatic rings. The molecule has 0 bridgehead atoms. The lowest BCUT2D eigenvalue weighted by atomic mass is 10.1. The normalized spacial score (nSPS) is 14.7. The molecule has 1 heterocycles. The van der Waals surface area contributed by atoms with Gasteiger partial charge in [-0.3, -0.25) is 0 Å². The van der Waals surface area contributed by atoms with Crippen LogP contribution in [0.3, 0.4) is 0 Å². The fourth-order valence-electron chi connectivity index (χ4n) is 2.13. The molecule has 0 amide bonds. The van der Waals surface area contributed by atoms with E-state index in [-0.39, 0.29) is 0 Å². The molecule has 4 nitrogen and oxygen atoms in total. The molecule has 1 fully saturated rings. The summed E-state index contributed by atoms with van der Waals surface area (Å²) in [6.07, 6.45) is 6.43. The van der Waals surface area contributed by atoms with Crippen molar-refractivity contribution < 1.29 is 0 Å². The minimum absolute atomic E-state index is 0.611. The van der Waals surface area contributed by atoms with Crippen LogP contribution in [0.4, 0.5) is 11.8 Å². The van der Waals surface area contributed by atoms with Crippen LogP contribution in [-0.4, -0.2) is 29.1 Å². The summed E-state index contributed by atoms with van der Waals surface area (Å²) < 4.78 is 0. The Morgan fingerprint density at radius 1 is 1.45 bits per heavy atom. The minimum Gasteiger partial charge on any atom is -0.354 e. The molecule has 0 spiro atoms. The summed E-state index contributed by atoms with van der Waals surface area (Å²) in [5, 5.41) is 3.89. The first kappa shape index (κ1) is 15.4. The molecule has 0 atom stereocenters. The average molecular weight is 297 g/mol. The van der Waals surface area contributed by atoms with Crippen LogP contribution in [0.2, 0.25) is 5.02 Å². The van der Waals surface area contributed by atoms with Crippen LogP contribution in [0.1, 0.15) is 46.5 Å². The average Bonchev–Trinajstić information content (AvgIpc) is 3.23. The summed E-state index contributed by atoms with van der Waals surface area (Å²) in [5.41, 5.74) is 0. The number of rotatable bonds is 8. The fraction of sp³-hybridized carbons (Fsp3) is 0.733. The Morgan fingerprint density at radius 2 is 2.20 bits per heavy atom. The van der Waals surface area contributed by atoms with Gasteiger partial charge in [0.2, 0.25) is 5.95 Å². The Balaban J connectivity index is 2.13. The van der Waals surface area contributed by atoms with Gasteiger partial charge in [-0.2, -0.15) is 4.98 Å². The SMILES string of the molecule is CCCNc1ncc(Cl)c(N(CCC(C)C)C2CC2)n1. The molecule has 1 saturated carbocycles. The lowest BCUT2D eigenvalue weighted by molar-refractivity contribution is 0.568. The van der Waals surface area contributed by atoms with E-state index in [1.165, 1.54) is 12.8 Å². The van der Waals surface area contributed by atoms with E-state index in [1.807, 2.05) is 0 Å². The van der Waals surface area contributed by atoms with Crippen molar-refractivity contribution in [3.63, 3.8) is 0 Å². The monoisotopic (exact) mass is 296 g/mol. The highest BCUT2D eigenvalue weighted by molar-refractivity contribution is 6.32. The lowest BCUT2D eigenvalue weighted by Crippen LogP contribution is -2.29. The Hall–Kier alpha value is -1.03. The number of halogens is 1. The van der Waals surface area contributed by atoms with Gasteiger partial charge in [0.25, 0.3) is 0 Å². The Labute approximate surface area is 126 Å². The van der Waals surface area contributed by atoms with Crippen molar-refractivity contribution in [3.8, 4) is 0 Å². The number of hydrogen-bond acceptors (Lipinski definition) is 4. The molecule has 1 aromatic heterocycles. The molecule has 0 saturated heterocycles. The number of anilines is 2. The van der Waals surface area contributed by atoms with E-state index >= 15 is 0 Å². The zero-order valence-corrected chi connectivity index (χ0v) is 13.5. The van der Waals surface area contributed by atoms with Crippen LogP contribution < -0.4 is 10.2 Å². The van der Waals surface area contributed by atoms with E-state index in [1.54, 1.807) is 6.20 Å². The maximum absolute atomic E-state index is 6.32. The summed E-state index contributed by atoms with van der Waals surface area (Å²) in [6.45, 7) is 8.54. The molecule has 1 aliphatic carbocycles. The molecular formula is C15H25ClN4. The van der Waals surface area contributed by atoms with Crippen LogP contribution in [0.15, 0.2) is 6.20 Å². The quantitative estimate of drug-likeness (QED) is 0.788. The van der Waals surface area contributed by atoms with Crippen LogP contribution in [0.25, 0.3) is 0 Å². The predicted molar refractivity (Wildman–Crippen MR) is 85.6 cm³/mol. The van der Waals surface area contributed by atoms with Crippen LogP contribution >= 0.6 is 11.6 Å². The zero-order valence-electron chi connectivity index (χ0n) is 12.7. The molecule has 0 aromatic carbocycles. The van der Waals surface area contributed by atoms with Gasteiger partial charge >= 0.3 is 0 Å². The molecule has 5 heteroatoms. The van der Waals surface area contributed by atoms with Crippen LogP contribution in [0.5, 0.6) is 0 Å². The van der Waals surface area contributed by atoms with Crippen molar-refractivity contribution in [1.29, 1.82) is 0 Å². The Morgan fingerprint density at radius 3 is 2.80 bits per heavy atom. The maximum atomic E-state index is 6.32. The number of aromatic nitrogens is 2. The van der Waals surface area contributed by atoms with E-state index in [0.717, 1.165) is 31.7 Å². The summed E-state index contributed by atoms with van der Waals surface area (Å²) in [7, 11) is 0. The molecule has 1 N–H and O–H groups in total. The predicted octanol–water partition coefficient (Wildman–Crippen LogP) is 3.97. The third-order valence-electron chi connectivity index (χ3n) is 3.47. The third-order valence-corrected chi connectivity index (χ3v) is 3.73. The Kier molecular flexibility index (Phi) is 5.46. The fourth-order valence-corrected chi connectivity index (χ4v) is 2.33. The molecule has 20 heavy (non-hydrogen) atoms. The second kappa shape index (κ2) is 7.11. The van der Waals surface area contributed by atoms with E-state index in [9.17, 15) is 0 Å². The molecule has 0 unspecified atom stereocenters. The van der Waals surface area contributed by atoms with Crippen molar-refractivity contribution in [3.05, 3.63) is 11.2 Å². The van der Waals surface area contributed by atoms with Gasteiger partial charge in [0.05, 0.1) is 6.20 Å². The summed E-state index contributed by atoms with van der Waals surface area (Å²) in [5.74, 6) is 2.26. The van der Waals surface area contributed by atoms with Crippen molar-refractivity contribution in [2.75, 3.05) is 23.3 Å². The highest BCUT2D eigenvalue weighted by Gasteiger charge is 2.31. The van der Waals surface area contributed by atoms with Gasteiger partial charge in [0.15, 0.2) is 5.82 Å². The molecule has 1 aromatic rings. The van der Waals surface area contributed by atoms with Gasteiger partial charge in [0, 0.05) is 19.1 Å². The smallest absolute Gasteiger partial charge is 0.224 e. The second-order valence-corrected chi connectivity index (χ2v) is 6.31. The molecular weight excluding hydrogens is 272 g/mol. The van der Waals surface area contributed by atoms with Crippen molar-refractivity contribution >= 4 is 23.4 Å². The minimum atomic E-state index is 0.611. The van der Waals surface area contributed by atoms with E-state index in [0.29, 0.717) is 22.9 Å². The van der Waals surface area contributed by atoms with Gasteiger partial charge in [-0.15, -0.1) is 0 Å². The van der Waals surface area contributed by atoms with E-state index in [4.69, 9.17) is 11.6 Å². The van der Waals surface area contributed by atoms with Crippen molar-refractivity contribution in [2.24, 2.45) is 5.92 Å². The van der Waals surface area contributed by atoms with Crippen LogP contribution in [-0.2, 0) is 0 Å². The number of nitrogens with zero attached hydrogens (tertiary/aromatic N) is 3. The zero-order chi connectivity index (χ0) is 14.5. The second-order valence-electron chi connectivity index (χ2n) is 5.90. The summed E-state index contributed by atoms with van der Waals surface area (Å²) in [4.78, 5) is 11.2. The van der Waals surface area contributed by atoms with Gasteiger partial charge in [0.1, 0.15) is 5.02 Å². The first-order valence-corrected chi connectivity index (χ1v) is 8.02. The molecule has 2 rings (SSSR count). The topological polar surface area (TPSA) is 41.1 Å². The first-order chi connectivity index (χ1) is 9.61. The summed E-state index contributed by atoms with van der Waals surface area (Å²) in [6, 6.07) is 0.611. The number of hydrogen-bond donors (Lipinski definition) is 1. The lowest BCUT2D eigenvalue weighted by Gasteiger charge is -2.25.